The Hall–Kier alpha value is -0.910. The molecule has 0 heterocycles. The first-order valence-electron chi connectivity index (χ1n) is 5.99. The highest BCUT2D eigenvalue weighted by Gasteiger charge is 2.12. The van der Waals surface area contributed by atoms with Gasteiger partial charge in [-0.05, 0) is 18.6 Å². The summed E-state index contributed by atoms with van der Waals surface area (Å²) < 4.78 is 6.33. The number of carbonyl (C=O) groups is 1. The number of benzene rings is 1. The lowest BCUT2D eigenvalue weighted by molar-refractivity contribution is -0.123. The van der Waals surface area contributed by atoms with E-state index in [1.807, 2.05) is 31.2 Å². The number of halogens is 1. The number of nitrogens with two attached hydrogens (primary N) is 1. The quantitative estimate of drug-likeness (QED) is 0.807. The zero-order valence-electron chi connectivity index (χ0n) is 10.5. The minimum Gasteiger partial charge on any atom is -0.377 e. The molecule has 0 saturated heterocycles. The van der Waals surface area contributed by atoms with Gasteiger partial charge in [0.05, 0.1) is 12.5 Å². The number of rotatable bonds is 7. The van der Waals surface area contributed by atoms with Crippen molar-refractivity contribution in [3.63, 3.8) is 0 Å². The maximum absolute atomic E-state index is 11.7. The van der Waals surface area contributed by atoms with Crippen LogP contribution >= 0.6 is 15.9 Å². The zero-order chi connectivity index (χ0) is 13.4. The van der Waals surface area contributed by atoms with E-state index in [-0.39, 0.29) is 12.0 Å². The van der Waals surface area contributed by atoms with Crippen LogP contribution in [0.3, 0.4) is 0 Å². The van der Waals surface area contributed by atoms with Gasteiger partial charge >= 0.3 is 0 Å². The number of hydrogen-bond donors (Lipinski definition) is 2. The molecule has 5 heteroatoms. The average Bonchev–Trinajstić information content (AvgIpc) is 2.37. The lowest BCUT2D eigenvalue weighted by Gasteiger charge is -2.14. The minimum absolute atomic E-state index is 0.0466. The van der Waals surface area contributed by atoms with E-state index in [9.17, 15) is 4.79 Å². The molecular weight excluding hydrogens is 296 g/mol. The molecule has 0 spiro atoms. The Morgan fingerprint density at radius 1 is 1.50 bits per heavy atom. The van der Waals surface area contributed by atoms with E-state index in [0.29, 0.717) is 26.1 Å². The first kappa shape index (κ1) is 15.1. The van der Waals surface area contributed by atoms with Gasteiger partial charge in [0.2, 0.25) is 5.91 Å². The van der Waals surface area contributed by atoms with Crippen LogP contribution in [0.2, 0.25) is 0 Å². The third-order valence-electron chi connectivity index (χ3n) is 2.51. The second kappa shape index (κ2) is 8.24. The van der Waals surface area contributed by atoms with E-state index in [1.54, 1.807) is 0 Å². The monoisotopic (exact) mass is 314 g/mol. The molecule has 3 N–H and O–H groups in total. The predicted octanol–water partition coefficient (Wildman–Crippen LogP) is 1.82. The third kappa shape index (κ3) is 5.16. The van der Waals surface area contributed by atoms with E-state index in [4.69, 9.17) is 10.5 Å². The van der Waals surface area contributed by atoms with Gasteiger partial charge in [0.25, 0.3) is 0 Å². The van der Waals surface area contributed by atoms with Crippen LogP contribution in [0.15, 0.2) is 28.7 Å². The van der Waals surface area contributed by atoms with Crippen molar-refractivity contribution in [2.75, 3.05) is 13.2 Å². The Balaban J connectivity index is 2.39. The van der Waals surface area contributed by atoms with Crippen molar-refractivity contribution >= 4 is 21.8 Å². The van der Waals surface area contributed by atoms with Gasteiger partial charge in [-0.3, -0.25) is 4.79 Å². The van der Waals surface area contributed by atoms with Crippen molar-refractivity contribution in [2.24, 2.45) is 5.73 Å². The highest BCUT2D eigenvalue weighted by atomic mass is 79.9. The minimum atomic E-state index is -0.200. The van der Waals surface area contributed by atoms with E-state index in [2.05, 4.69) is 21.2 Å². The topological polar surface area (TPSA) is 64.3 Å². The molecule has 0 saturated carbocycles. The van der Waals surface area contributed by atoms with Crippen molar-refractivity contribution in [1.82, 2.24) is 5.32 Å². The van der Waals surface area contributed by atoms with Crippen LogP contribution in [0.4, 0.5) is 0 Å². The molecule has 0 aromatic heterocycles. The fourth-order valence-electron chi connectivity index (χ4n) is 1.56. The van der Waals surface area contributed by atoms with Crippen molar-refractivity contribution in [3.05, 3.63) is 34.3 Å². The van der Waals surface area contributed by atoms with E-state index in [0.717, 1.165) is 10.0 Å². The summed E-state index contributed by atoms with van der Waals surface area (Å²) in [5, 5.41) is 2.86. The second-order valence-electron chi connectivity index (χ2n) is 3.89. The Bertz CT molecular complexity index is 385. The summed E-state index contributed by atoms with van der Waals surface area (Å²) in [5.74, 6) is -0.0466. The van der Waals surface area contributed by atoms with E-state index in [1.165, 1.54) is 0 Å². The highest BCUT2D eigenvalue weighted by Crippen LogP contribution is 2.15. The number of carbonyl (C=O) groups excluding carboxylic acids is 1. The summed E-state index contributed by atoms with van der Waals surface area (Å²) in [6, 6.07) is 7.79. The summed E-state index contributed by atoms with van der Waals surface area (Å²) in [6.45, 7) is 3.32. The normalized spacial score (nSPS) is 12.2. The molecule has 100 valence electrons. The Morgan fingerprint density at radius 2 is 2.22 bits per heavy atom. The third-order valence-corrected chi connectivity index (χ3v) is 3.29. The van der Waals surface area contributed by atoms with Crippen molar-refractivity contribution < 1.29 is 9.53 Å². The Kier molecular flexibility index (Phi) is 6.93. The highest BCUT2D eigenvalue weighted by molar-refractivity contribution is 9.10. The molecule has 0 aliphatic rings. The molecule has 1 aromatic rings. The summed E-state index contributed by atoms with van der Waals surface area (Å²) in [5.41, 5.74) is 6.57. The van der Waals surface area contributed by atoms with Gasteiger partial charge in [-0.1, -0.05) is 34.1 Å². The van der Waals surface area contributed by atoms with Gasteiger partial charge in [0.1, 0.15) is 0 Å². The van der Waals surface area contributed by atoms with Crippen LogP contribution in [0.1, 0.15) is 18.9 Å². The van der Waals surface area contributed by atoms with Gasteiger partial charge < -0.3 is 15.8 Å². The molecule has 0 fully saturated rings. The molecule has 1 rings (SSSR count). The van der Waals surface area contributed by atoms with Crippen LogP contribution in [-0.4, -0.2) is 25.2 Å². The van der Waals surface area contributed by atoms with Crippen molar-refractivity contribution in [2.45, 2.75) is 26.0 Å². The van der Waals surface area contributed by atoms with Crippen LogP contribution < -0.4 is 11.1 Å². The summed E-state index contributed by atoms with van der Waals surface area (Å²) in [4.78, 5) is 11.7. The zero-order valence-corrected chi connectivity index (χ0v) is 12.1. The maximum Gasteiger partial charge on any atom is 0.222 e. The second-order valence-corrected chi connectivity index (χ2v) is 4.74. The summed E-state index contributed by atoms with van der Waals surface area (Å²) in [6.07, 6.45) is 0.101. The fraction of sp³-hybridized carbons (Fsp3) is 0.462. The van der Waals surface area contributed by atoms with E-state index < -0.39 is 0 Å². The predicted molar refractivity (Wildman–Crippen MR) is 75.1 cm³/mol. The fourth-order valence-corrected chi connectivity index (χ4v) is 1.99. The number of nitrogens with one attached hydrogen (secondary N) is 1. The Labute approximate surface area is 116 Å². The van der Waals surface area contributed by atoms with Gasteiger partial charge in [-0.2, -0.15) is 0 Å². The smallest absolute Gasteiger partial charge is 0.222 e. The Morgan fingerprint density at radius 3 is 2.83 bits per heavy atom. The van der Waals surface area contributed by atoms with Crippen molar-refractivity contribution in [1.29, 1.82) is 0 Å². The SMILES string of the molecule is CCOC(CN)CC(=O)NCc1ccccc1Br. The molecule has 1 unspecified atom stereocenters. The lowest BCUT2D eigenvalue weighted by atomic mass is 10.2. The standard InChI is InChI=1S/C13H19BrN2O2/c1-2-18-11(8-15)7-13(17)16-9-10-5-3-4-6-12(10)14/h3-6,11H,2,7-9,15H2,1H3,(H,16,17). The molecule has 4 nitrogen and oxygen atoms in total. The molecule has 1 amide bonds. The number of hydrogen-bond acceptors (Lipinski definition) is 3. The molecule has 0 bridgehead atoms. The summed E-state index contributed by atoms with van der Waals surface area (Å²) >= 11 is 3.44. The van der Waals surface area contributed by atoms with Gasteiger partial charge in [-0.15, -0.1) is 0 Å². The average molecular weight is 315 g/mol. The van der Waals surface area contributed by atoms with Gasteiger partial charge in [0, 0.05) is 24.2 Å². The largest absolute Gasteiger partial charge is 0.377 e. The first-order valence-corrected chi connectivity index (χ1v) is 6.78. The van der Waals surface area contributed by atoms with E-state index >= 15 is 0 Å². The maximum atomic E-state index is 11.7. The molecule has 0 radical (unpaired) electrons. The summed E-state index contributed by atoms with van der Waals surface area (Å²) in [7, 11) is 0. The molecule has 18 heavy (non-hydrogen) atoms. The molecule has 1 aromatic carbocycles. The molecule has 0 aliphatic carbocycles. The van der Waals surface area contributed by atoms with Crippen LogP contribution in [0.25, 0.3) is 0 Å². The van der Waals surface area contributed by atoms with Gasteiger partial charge in [0.15, 0.2) is 0 Å². The van der Waals surface area contributed by atoms with Crippen LogP contribution in [0.5, 0.6) is 0 Å². The van der Waals surface area contributed by atoms with Crippen LogP contribution in [0, 0.1) is 0 Å². The number of ether oxygens (including phenoxy) is 1. The lowest BCUT2D eigenvalue weighted by Crippen LogP contribution is -2.32. The molecule has 0 aliphatic heterocycles. The molecule has 1 atom stereocenters. The van der Waals surface area contributed by atoms with Gasteiger partial charge in [-0.25, -0.2) is 0 Å². The molecular formula is C13H19BrN2O2. The first-order chi connectivity index (χ1) is 8.67. The number of amides is 1. The van der Waals surface area contributed by atoms with Crippen molar-refractivity contribution in [3.8, 4) is 0 Å². The van der Waals surface area contributed by atoms with Crippen LogP contribution in [-0.2, 0) is 16.1 Å².